The number of hydrogen-bond donors (Lipinski definition) is 2. The van der Waals surface area contributed by atoms with Crippen LogP contribution in [0.3, 0.4) is 0 Å². The Balaban J connectivity index is 1.21. The molecule has 16 heteroatoms. The second-order valence-corrected chi connectivity index (χ2v) is 8.90. The summed E-state index contributed by atoms with van der Waals surface area (Å²) in [6.07, 6.45) is -3.39. The molecule has 4 rings (SSSR count). The van der Waals surface area contributed by atoms with Crippen molar-refractivity contribution in [2.75, 3.05) is 5.32 Å². The van der Waals surface area contributed by atoms with Gasteiger partial charge in [-0.1, -0.05) is 35.5 Å². The molecular weight excluding hydrogens is 564 g/mol. The van der Waals surface area contributed by atoms with E-state index in [2.05, 4.69) is 30.9 Å². The van der Waals surface area contributed by atoms with Crippen molar-refractivity contribution < 1.29 is 31.9 Å². The van der Waals surface area contributed by atoms with Crippen LogP contribution >= 0.6 is 0 Å². The summed E-state index contributed by atoms with van der Waals surface area (Å²) in [6, 6.07) is 12.0. The summed E-state index contributed by atoms with van der Waals surface area (Å²) in [5, 5.41) is 12.1. The van der Waals surface area contributed by atoms with E-state index < -0.39 is 35.6 Å². The number of aromatic nitrogens is 6. The minimum Gasteiger partial charge on any atom is -0.444 e. The summed E-state index contributed by atoms with van der Waals surface area (Å²) in [7, 11) is 0. The van der Waals surface area contributed by atoms with Crippen LogP contribution in [0.1, 0.15) is 33.7 Å². The molecule has 12 nitrogen and oxygen atoms in total. The fourth-order valence-electron chi connectivity index (χ4n) is 3.61. The highest BCUT2D eigenvalue weighted by Gasteiger charge is 2.30. The molecule has 1 aromatic carbocycles. The van der Waals surface area contributed by atoms with Crippen molar-refractivity contribution in [1.29, 1.82) is 0 Å². The Morgan fingerprint density at radius 3 is 2.62 bits per heavy atom. The van der Waals surface area contributed by atoms with Gasteiger partial charge in [-0.15, -0.1) is 5.10 Å². The normalized spacial score (nSPS) is 12.0. The number of pyridine rings is 1. The van der Waals surface area contributed by atoms with Crippen LogP contribution in [0.15, 0.2) is 71.9 Å². The van der Waals surface area contributed by atoms with E-state index >= 15 is 0 Å². The minimum absolute atomic E-state index is 0.00840. The number of carbonyl (C=O) groups excluding carboxylic acids is 2. The van der Waals surface area contributed by atoms with E-state index in [4.69, 9.17) is 4.74 Å². The fourth-order valence-corrected chi connectivity index (χ4v) is 3.61. The van der Waals surface area contributed by atoms with E-state index in [9.17, 15) is 31.9 Å². The molecule has 1 atom stereocenters. The lowest BCUT2D eigenvalue weighted by atomic mass is 10.2. The molecular formula is C26H24F4N8O4. The molecule has 0 spiro atoms. The van der Waals surface area contributed by atoms with E-state index in [0.29, 0.717) is 0 Å². The Hall–Kier alpha value is -5.15. The van der Waals surface area contributed by atoms with Gasteiger partial charge in [-0.3, -0.25) is 19.7 Å². The average Bonchev–Trinajstić information content (AvgIpc) is 3.43. The van der Waals surface area contributed by atoms with E-state index in [1.165, 1.54) is 18.5 Å². The Morgan fingerprint density at radius 1 is 1.10 bits per heavy atom. The van der Waals surface area contributed by atoms with Crippen molar-refractivity contribution in [3.8, 4) is 0 Å². The molecule has 42 heavy (non-hydrogen) atoms. The molecule has 0 aliphatic heterocycles. The van der Waals surface area contributed by atoms with Gasteiger partial charge in [-0.25, -0.2) is 18.7 Å². The Labute approximate surface area is 235 Å². The molecule has 1 unspecified atom stereocenters. The summed E-state index contributed by atoms with van der Waals surface area (Å²) in [4.78, 5) is 44.1. The van der Waals surface area contributed by atoms with Gasteiger partial charge in [0, 0.05) is 18.9 Å². The van der Waals surface area contributed by atoms with Crippen LogP contribution < -0.4 is 16.3 Å². The number of ether oxygens (including phenoxy) is 1. The molecule has 0 saturated heterocycles. The zero-order valence-electron chi connectivity index (χ0n) is 21.8. The first-order valence-corrected chi connectivity index (χ1v) is 12.5. The quantitative estimate of drug-likeness (QED) is 0.254. The van der Waals surface area contributed by atoms with Gasteiger partial charge in [0.05, 0.1) is 30.5 Å². The molecule has 2 N–H and O–H groups in total. The van der Waals surface area contributed by atoms with E-state index in [-0.39, 0.29) is 49.9 Å². The molecule has 220 valence electrons. The van der Waals surface area contributed by atoms with E-state index in [1.807, 2.05) is 6.07 Å². The van der Waals surface area contributed by atoms with Crippen LogP contribution in [0.2, 0.25) is 0 Å². The first-order valence-electron chi connectivity index (χ1n) is 12.5. The number of halogens is 4. The van der Waals surface area contributed by atoms with Gasteiger partial charge in [0.1, 0.15) is 18.6 Å². The Morgan fingerprint density at radius 2 is 1.88 bits per heavy atom. The van der Waals surface area contributed by atoms with Gasteiger partial charge in [-0.2, -0.15) is 18.2 Å². The first kappa shape index (κ1) is 29.8. The predicted octanol–water partition coefficient (Wildman–Crippen LogP) is 3.36. The summed E-state index contributed by atoms with van der Waals surface area (Å²) in [5.74, 6) is -0.755. The molecule has 3 heterocycles. The van der Waals surface area contributed by atoms with Crippen LogP contribution in [0, 0.1) is 0 Å². The van der Waals surface area contributed by atoms with Crippen molar-refractivity contribution in [3.63, 3.8) is 0 Å². The van der Waals surface area contributed by atoms with E-state index in [0.717, 1.165) is 33.1 Å². The lowest BCUT2D eigenvalue weighted by molar-refractivity contribution is -0.137. The zero-order chi connectivity index (χ0) is 30.1. The molecule has 0 saturated carbocycles. The third-order valence-corrected chi connectivity index (χ3v) is 5.73. The number of hydrogen-bond acceptors (Lipinski definition) is 8. The van der Waals surface area contributed by atoms with Crippen LogP contribution in [0.25, 0.3) is 0 Å². The van der Waals surface area contributed by atoms with Crippen LogP contribution in [-0.2, 0) is 37.2 Å². The highest BCUT2D eigenvalue weighted by atomic mass is 19.4. The molecule has 3 aromatic heterocycles. The average molecular weight is 589 g/mol. The maximum atomic E-state index is 14.6. The number of amides is 2. The van der Waals surface area contributed by atoms with Crippen molar-refractivity contribution in [2.24, 2.45) is 0 Å². The number of anilines is 1. The second kappa shape index (κ2) is 13.5. The second-order valence-electron chi connectivity index (χ2n) is 8.90. The predicted molar refractivity (Wildman–Crippen MR) is 139 cm³/mol. The molecule has 0 aliphatic carbocycles. The van der Waals surface area contributed by atoms with Gasteiger partial charge in [0.25, 0.3) is 5.91 Å². The van der Waals surface area contributed by atoms with Crippen LogP contribution in [-0.4, -0.2) is 47.7 Å². The number of rotatable bonds is 11. The van der Waals surface area contributed by atoms with Gasteiger partial charge < -0.3 is 10.1 Å². The molecule has 0 aliphatic rings. The van der Waals surface area contributed by atoms with Crippen LogP contribution in [0.4, 0.5) is 28.2 Å². The lowest BCUT2D eigenvalue weighted by Crippen LogP contribution is -2.26. The minimum atomic E-state index is -4.54. The lowest BCUT2D eigenvalue weighted by Gasteiger charge is -2.10. The molecule has 4 aromatic rings. The largest absolute Gasteiger partial charge is 0.444 e. The summed E-state index contributed by atoms with van der Waals surface area (Å²) < 4.78 is 60.4. The highest BCUT2D eigenvalue weighted by Crippen LogP contribution is 2.28. The van der Waals surface area contributed by atoms with Gasteiger partial charge in [-0.05, 0) is 30.2 Å². The van der Waals surface area contributed by atoms with Crippen molar-refractivity contribution in [3.05, 3.63) is 100 Å². The molecule has 0 fully saturated rings. The number of nitrogens with zero attached hydrogens (tertiary/aromatic N) is 6. The topological polar surface area (TPSA) is 146 Å². The molecule has 0 radical (unpaired) electrons. The van der Waals surface area contributed by atoms with Gasteiger partial charge in [0.2, 0.25) is 0 Å². The smallest absolute Gasteiger partial charge is 0.416 e. The number of alkyl halides is 4. The molecule has 2 amide bonds. The fraction of sp³-hybridized carbons (Fsp3) is 0.269. The first-order chi connectivity index (χ1) is 20.1. The van der Waals surface area contributed by atoms with Crippen molar-refractivity contribution >= 4 is 17.8 Å². The summed E-state index contributed by atoms with van der Waals surface area (Å²) >= 11 is 0. The third-order valence-electron chi connectivity index (χ3n) is 5.73. The highest BCUT2D eigenvalue weighted by molar-refractivity contribution is 5.91. The third kappa shape index (κ3) is 8.67. The van der Waals surface area contributed by atoms with Crippen molar-refractivity contribution in [2.45, 2.75) is 45.0 Å². The monoisotopic (exact) mass is 588 g/mol. The van der Waals surface area contributed by atoms with Crippen molar-refractivity contribution in [1.82, 2.24) is 34.8 Å². The maximum absolute atomic E-state index is 14.6. The van der Waals surface area contributed by atoms with E-state index in [1.54, 1.807) is 24.3 Å². The molecule has 0 bridgehead atoms. The maximum Gasteiger partial charge on any atom is 0.416 e. The van der Waals surface area contributed by atoms with Gasteiger partial charge >= 0.3 is 18.0 Å². The number of aryl methyl sites for hydroxylation is 1. The summed E-state index contributed by atoms with van der Waals surface area (Å²) in [6.45, 7) is -0.549. The number of nitrogens with one attached hydrogen (secondary N) is 2. The standard InChI is InChI=1S/C26H24F4N8O4/c27-19(7-10-37-11-8-22(33-24(37)40)34-25(41)42-16-17-4-2-1-3-5-17)14-38-15-21(35-36-38)23(39)32-13-20-12-18(6-9-31-20)26(28,29)30/h1-6,8-9,11-12,15,19H,7,10,13-14,16H2,(H,32,39)(H,33,34,40,41). The van der Waals surface area contributed by atoms with Gasteiger partial charge in [0.15, 0.2) is 5.69 Å². The Bertz CT molecular complexity index is 1580. The Kier molecular flexibility index (Phi) is 9.57. The van der Waals surface area contributed by atoms with Crippen LogP contribution in [0.5, 0.6) is 0 Å². The summed E-state index contributed by atoms with van der Waals surface area (Å²) in [5.41, 5.74) is -0.996. The number of benzene rings is 1. The number of carbonyl (C=O) groups is 2. The SMILES string of the molecule is O=C(Nc1ccn(CCC(F)Cn2cc(C(=O)NCc3cc(C(F)(F)F)ccn3)nn2)c(=O)n1)OCc1ccccc1. The zero-order valence-corrected chi connectivity index (χ0v) is 21.8.